The van der Waals surface area contributed by atoms with Crippen molar-refractivity contribution in [1.82, 2.24) is 29.1 Å². The molecule has 0 aliphatic heterocycles. The van der Waals surface area contributed by atoms with Crippen LogP contribution in [0.2, 0.25) is 0 Å². The van der Waals surface area contributed by atoms with Crippen molar-refractivity contribution in [3.8, 4) is 0 Å². The molecule has 0 radical (unpaired) electrons. The lowest BCUT2D eigenvalue weighted by Gasteiger charge is -2.10. The molecule has 7 nitrogen and oxygen atoms in total. The number of hydrogen-bond donors (Lipinski definition) is 0. The zero-order valence-corrected chi connectivity index (χ0v) is 16.8. The summed E-state index contributed by atoms with van der Waals surface area (Å²) in [5, 5.41) is 9.50. The molecule has 0 bridgehead atoms. The van der Waals surface area contributed by atoms with Gasteiger partial charge in [0.15, 0.2) is 0 Å². The number of aryl methyl sites for hydroxylation is 1. The maximum atomic E-state index is 13.3. The predicted octanol–water partition coefficient (Wildman–Crippen LogP) is 3.84. The van der Waals surface area contributed by atoms with E-state index in [0.29, 0.717) is 27.9 Å². The molecule has 3 heterocycles. The Morgan fingerprint density at radius 1 is 0.968 bits per heavy atom. The molecule has 0 aliphatic carbocycles. The summed E-state index contributed by atoms with van der Waals surface area (Å²) < 4.78 is 43.0. The van der Waals surface area contributed by atoms with Gasteiger partial charge < -0.3 is 0 Å². The fourth-order valence-corrected chi connectivity index (χ4v) is 4.33. The largest absolute Gasteiger partial charge is 0.451 e. The summed E-state index contributed by atoms with van der Waals surface area (Å²) >= 11 is 1.11. The van der Waals surface area contributed by atoms with Crippen molar-refractivity contribution in [1.29, 1.82) is 0 Å². The standard InChI is InChI=1S/C20H13F3N6OS/c1-28-17(30)12-7-3-5-9-14(12)29-15(26-27-19(28)29)10-31-16-11-6-2-4-8-13(11)24-18(25-16)20(21,22)23/h2-9H,10H2,1H3. The summed E-state index contributed by atoms with van der Waals surface area (Å²) in [5.74, 6) is -0.152. The minimum atomic E-state index is -4.66. The molecule has 0 spiro atoms. The molecule has 5 aromatic rings. The second kappa shape index (κ2) is 7.05. The van der Waals surface area contributed by atoms with Gasteiger partial charge in [-0.25, -0.2) is 9.97 Å². The predicted molar refractivity (Wildman–Crippen MR) is 110 cm³/mol. The van der Waals surface area contributed by atoms with Crippen LogP contribution in [0.3, 0.4) is 0 Å². The quantitative estimate of drug-likeness (QED) is 0.312. The van der Waals surface area contributed by atoms with Crippen molar-refractivity contribution in [2.75, 3.05) is 0 Å². The Morgan fingerprint density at radius 2 is 1.68 bits per heavy atom. The molecule has 0 atom stereocenters. The minimum Gasteiger partial charge on any atom is -0.279 e. The molecule has 156 valence electrons. The summed E-state index contributed by atoms with van der Waals surface area (Å²) in [7, 11) is 1.60. The molecule has 0 saturated heterocycles. The van der Waals surface area contributed by atoms with Crippen LogP contribution in [0.15, 0.2) is 58.4 Å². The van der Waals surface area contributed by atoms with Gasteiger partial charge in [0.1, 0.15) is 10.9 Å². The summed E-state index contributed by atoms with van der Waals surface area (Å²) in [4.78, 5) is 20.0. The molecular weight excluding hydrogens is 429 g/mol. The number of aromatic nitrogens is 6. The SMILES string of the molecule is Cn1c(=O)c2ccccc2n2c(CSc3nc(C(F)(F)F)nc4ccccc34)nnc12. The number of hydrogen-bond acceptors (Lipinski definition) is 6. The second-order valence-corrected chi connectivity index (χ2v) is 7.75. The molecule has 2 aromatic carbocycles. The van der Waals surface area contributed by atoms with Gasteiger partial charge in [-0.1, -0.05) is 42.1 Å². The van der Waals surface area contributed by atoms with Crippen molar-refractivity contribution >= 4 is 39.3 Å². The topological polar surface area (TPSA) is 78.0 Å². The van der Waals surface area contributed by atoms with Gasteiger partial charge in [0, 0.05) is 12.4 Å². The summed E-state index contributed by atoms with van der Waals surface area (Å²) in [6, 6.07) is 13.6. The third-order valence-corrected chi connectivity index (χ3v) is 5.84. The highest BCUT2D eigenvalue weighted by molar-refractivity contribution is 7.98. The maximum Gasteiger partial charge on any atom is 0.451 e. The molecule has 11 heteroatoms. The third-order valence-electron chi connectivity index (χ3n) is 4.85. The van der Waals surface area contributed by atoms with Crippen molar-refractivity contribution < 1.29 is 13.2 Å². The van der Waals surface area contributed by atoms with E-state index in [4.69, 9.17) is 0 Å². The lowest BCUT2D eigenvalue weighted by atomic mass is 10.2. The van der Waals surface area contributed by atoms with E-state index < -0.39 is 12.0 Å². The zero-order chi connectivity index (χ0) is 21.8. The first-order chi connectivity index (χ1) is 14.8. The summed E-state index contributed by atoms with van der Waals surface area (Å²) in [6.07, 6.45) is -4.66. The zero-order valence-electron chi connectivity index (χ0n) is 16.0. The third kappa shape index (κ3) is 3.21. The minimum absolute atomic E-state index is 0.196. The van der Waals surface area contributed by atoms with Crippen LogP contribution < -0.4 is 5.56 Å². The number of fused-ring (bicyclic) bond motifs is 4. The molecule has 0 saturated carbocycles. The molecule has 3 aromatic heterocycles. The molecular formula is C20H13F3N6OS. The van der Waals surface area contributed by atoms with Crippen molar-refractivity contribution in [2.45, 2.75) is 17.0 Å². The molecule has 31 heavy (non-hydrogen) atoms. The Kier molecular flexibility index (Phi) is 4.43. The summed E-state index contributed by atoms with van der Waals surface area (Å²) in [5.41, 5.74) is 0.641. The molecule has 5 rings (SSSR count). The van der Waals surface area contributed by atoms with E-state index in [1.54, 1.807) is 53.9 Å². The average molecular weight is 442 g/mol. The van der Waals surface area contributed by atoms with Crippen LogP contribution in [0.25, 0.3) is 27.6 Å². The van der Waals surface area contributed by atoms with Crippen LogP contribution in [-0.4, -0.2) is 29.1 Å². The van der Waals surface area contributed by atoms with Gasteiger partial charge in [0.05, 0.1) is 22.2 Å². The maximum absolute atomic E-state index is 13.3. The Hall–Kier alpha value is -3.47. The molecule has 0 amide bonds. The molecule has 0 unspecified atom stereocenters. The van der Waals surface area contributed by atoms with Crippen LogP contribution in [-0.2, 0) is 19.0 Å². The van der Waals surface area contributed by atoms with Crippen LogP contribution in [0.4, 0.5) is 13.2 Å². The first kappa shape index (κ1) is 19.5. The van der Waals surface area contributed by atoms with E-state index in [2.05, 4.69) is 20.2 Å². The molecule has 0 fully saturated rings. The fraction of sp³-hybridized carbons (Fsp3) is 0.150. The van der Waals surface area contributed by atoms with Gasteiger partial charge in [-0.3, -0.25) is 13.8 Å². The van der Waals surface area contributed by atoms with Gasteiger partial charge in [0.25, 0.3) is 5.56 Å². The number of nitrogens with zero attached hydrogens (tertiary/aromatic N) is 6. The van der Waals surface area contributed by atoms with Crippen LogP contribution in [0, 0.1) is 0 Å². The highest BCUT2D eigenvalue weighted by Gasteiger charge is 2.35. The lowest BCUT2D eigenvalue weighted by Crippen LogP contribution is -2.20. The highest BCUT2D eigenvalue weighted by atomic mass is 32.2. The number of rotatable bonds is 3. The van der Waals surface area contributed by atoms with Crippen molar-refractivity contribution in [2.24, 2.45) is 7.05 Å². The highest BCUT2D eigenvalue weighted by Crippen LogP contribution is 2.33. The Labute approximate surface area is 176 Å². The van der Waals surface area contributed by atoms with E-state index in [1.807, 2.05) is 0 Å². The number of halogens is 3. The molecule has 0 N–H and O–H groups in total. The van der Waals surface area contributed by atoms with Gasteiger partial charge in [0.2, 0.25) is 11.6 Å². The number of benzene rings is 2. The lowest BCUT2D eigenvalue weighted by molar-refractivity contribution is -0.145. The van der Waals surface area contributed by atoms with Crippen LogP contribution in [0.1, 0.15) is 11.6 Å². The van der Waals surface area contributed by atoms with Crippen LogP contribution >= 0.6 is 11.8 Å². The number of para-hydroxylation sites is 2. The average Bonchev–Trinajstić information content (AvgIpc) is 3.19. The monoisotopic (exact) mass is 442 g/mol. The Morgan fingerprint density at radius 3 is 2.45 bits per heavy atom. The van der Waals surface area contributed by atoms with Gasteiger partial charge >= 0.3 is 6.18 Å². The van der Waals surface area contributed by atoms with E-state index in [1.165, 1.54) is 10.6 Å². The van der Waals surface area contributed by atoms with E-state index in [-0.39, 0.29) is 21.9 Å². The first-order valence-electron chi connectivity index (χ1n) is 9.13. The van der Waals surface area contributed by atoms with Crippen molar-refractivity contribution in [3.05, 3.63) is 70.5 Å². The normalized spacial score (nSPS) is 12.3. The smallest absolute Gasteiger partial charge is 0.279 e. The van der Waals surface area contributed by atoms with Gasteiger partial charge in [-0.15, -0.1) is 10.2 Å². The fourth-order valence-electron chi connectivity index (χ4n) is 3.40. The van der Waals surface area contributed by atoms with Gasteiger partial charge in [-0.2, -0.15) is 13.2 Å². The first-order valence-corrected chi connectivity index (χ1v) is 10.1. The number of alkyl halides is 3. The molecule has 0 aliphatic rings. The van der Waals surface area contributed by atoms with Crippen molar-refractivity contribution in [3.63, 3.8) is 0 Å². The summed E-state index contributed by atoms with van der Waals surface area (Å²) in [6.45, 7) is 0. The van der Waals surface area contributed by atoms with E-state index in [9.17, 15) is 18.0 Å². The van der Waals surface area contributed by atoms with E-state index in [0.717, 1.165) is 11.8 Å². The van der Waals surface area contributed by atoms with E-state index >= 15 is 0 Å². The number of thioether (sulfide) groups is 1. The van der Waals surface area contributed by atoms with Gasteiger partial charge in [-0.05, 0) is 18.2 Å². The van der Waals surface area contributed by atoms with Crippen LogP contribution in [0.5, 0.6) is 0 Å². The Balaban J connectivity index is 1.63. The Bertz CT molecular complexity index is 1530. The second-order valence-electron chi connectivity index (χ2n) is 6.79.